The van der Waals surface area contributed by atoms with Crippen molar-refractivity contribution in [1.29, 1.82) is 0 Å². The Bertz CT molecular complexity index is 522. The van der Waals surface area contributed by atoms with Crippen LogP contribution in [-0.4, -0.2) is 21.2 Å². The van der Waals surface area contributed by atoms with Gasteiger partial charge in [-0.25, -0.2) is 0 Å². The van der Waals surface area contributed by atoms with Gasteiger partial charge in [-0.15, -0.1) is 0 Å². The van der Waals surface area contributed by atoms with Crippen molar-refractivity contribution >= 4 is 51.9 Å². The Hall–Kier alpha value is -0.840. The molecular formula is C13H12ClNOS2. The molecule has 0 unspecified atom stereocenters. The van der Waals surface area contributed by atoms with Crippen molar-refractivity contribution in [2.24, 2.45) is 0 Å². The average molecular weight is 298 g/mol. The summed E-state index contributed by atoms with van der Waals surface area (Å²) in [6.45, 7) is 3.91. The van der Waals surface area contributed by atoms with Crippen molar-refractivity contribution in [3.05, 3.63) is 39.8 Å². The van der Waals surface area contributed by atoms with Gasteiger partial charge in [-0.05, 0) is 37.6 Å². The lowest BCUT2D eigenvalue weighted by molar-refractivity contribution is -0.123. The van der Waals surface area contributed by atoms with Gasteiger partial charge in [0, 0.05) is 11.1 Å². The molecule has 94 valence electrons. The predicted octanol–water partition coefficient (Wildman–Crippen LogP) is 3.95. The summed E-state index contributed by atoms with van der Waals surface area (Å²) in [5, 5.41) is 0.682. The molecule has 1 aliphatic heterocycles. The molecule has 1 heterocycles. The first-order valence-corrected chi connectivity index (χ1v) is 7.12. The lowest BCUT2D eigenvalue weighted by Crippen LogP contribution is -2.34. The first-order chi connectivity index (χ1) is 8.49. The Kier molecular flexibility index (Phi) is 4.10. The van der Waals surface area contributed by atoms with E-state index in [9.17, 15) is 4.79 Å². The van der Waals surface area contributed by atoms with Crippen LogP contribution in [0.25, 0.3) is 6.08 Å². The zero-order valence-electron chi connectivity index (χ0n) is 10.0. The van der Waals surface area contributed by atoms with Gasteiger partial charge in [-0.2, -0.15) is 0 Å². The molecule has 0 saturated carbocycles. The second-order valence-corrected chi connectivity index (χ2v) is 6.31. The second-order valence-electron chi connectivity index (χ2n) is 4.20. The number of carbonyl (C=O) groups excluding carboxylic acids is 1. The molecule has 0 radical (unpaired) electrons. The fourth-order valence-corrected chi connectivity index (χ4v) is 3.29. The normalized spacial score (nSPS) is 18.2. The highest BCUT2D eigenvalue weighted by atomic mass is 35.5. The molecule has 0 spiro atoms. The molecule has 1 fully saturated rings. The maximum Gasteiger partial charge on any atom is 0.266 e. The number of thiocarbonyl (C=S) groups is 1. The number of thioether (sulfide) groups is 1. The SMILES string of the molecule is CC(C)N1C(=O)/C(=C\c2ccc(Cl)cc2)SC1=S. The number of carbonyl (C=O) groups is 1. The summed E-state index contributed by atoms with van der Waals surface area (Å²) < 4.78 is 0.621. The van der Waals surface area contributed by atoms with Crippen LogP contribution < -0.4 is 0 Å². The van der Waals surface area contributed by atoms with E-state index in [2.05, 4.69) is 0 Å². The average Bonchev–Trinajstić information content (AvgIpc) is 2.57. The fraction of sp³-hybridized carbons (Fsp3) is 0.231. The first-order valence-electron chi connectivity index (χ1n) is 5.51. The predicted molar refractivity (Wildman–Crippen MR) is 81.6 cm³/mol. The Balaban J connectivity index is 2.28. The number of halogens is 1. The smallest absolute Gasteiger partial charge is 0.266 e. The number of hydrogen-bond donors (Lipinski definition) is 0. The van der Waals surface area contributed by atoms with Crippen LogP contribution in [0.15, 0.2) is 29.2 Å². The van der Waals surface area contributed by atoms with Gasteiger partial charge in [-0.1, -0.05) is 47.7 Å². The number of nitrogens with zero attached hydrogens (tertiary/aromatic N) is 1. The van der Waals surface area contributed by atoms with E-state index in [1.807, 2.05) is 32.1 Å². The van der Waals surface area contributed by atoms with Gasteiger partial charge in [0.25, 0.3) is 5.91 Å². The Morgan fingerprint density at radius 1 is 1.33 bits per heavy atom. The molecule has 2 nitrogen and oxygen atoms in total. The molecule has 0 aliphatic carbocycles. The minimum absolute atomic E-state index is 0.0186. The van der Waals surface area contributed by atoms with Gasteiger partial charge in [-0.3, -0.25) is 9.69 Å². The summed E-state index contributed by atoms with van der Waals surface area (Å²) in [7, 11) is 0. The van der Waals surface area contributed by atoms with Crippen LogP contribution >= 0.6 is 35.6 Å². The van der Waals surface area contributed by atoms with Crippen molar-refractivity contribution in [2.45, 2.75) is 19.9 Å². The third-order valence-electron chi connectivity index (χ3n) is 2.51. The lowest BCUT2D eigenvalue weighted by Gasteiger charge is -2.18. The molecule has 1 saturated heterocycles. The first kappa shape index (κ1) is 13.6. The topological polar surface area (TPSA) is 20.3 Å². The zero-order chi connectivity index (χ0) is 13.3. The van der Waals surface area contributed by atoms with Crippen LogP contribution in [0.1, 0.15) is 19.4 Å². The summed E-state index contributed by atoms with van der Waals surface area (Å²) >= 11 is 12.4. The molecule has 1 aliphatic rings. The van der Waals surface area contributed by atoms with Crippen LogP contribution in [0.4, 0.5) is 0 Å². The number of rotatable bonds is 2. The molecule has 0 bridgehead atoms. The standard InChI is InChI=1S/C13H12ClNOS2/c1-8(2)15-12(16)11(18-13(15)17)7-9-3-5-10(14)6-4-9/h3-8H,1-2H3/b11-7+. The van der Waals surface area contributed by atoms with Gasteiger partial charge >= 0.3 is 0 Å². The number of hydrogen-bond acceptors (Lipinski definition) is 3. The van der Waals surface area contributed by atoms with Crippen molar-refractivity contribution in [3.63, 3.8) is 0 Å². The van der Waals surface area contributed by atoms with Crippen LogP contribution in [0.2, 0.25) is 5.02 Å². The highest BCUT2D eigenvalue weighted by Crippen LogP contribution is 2.33. The highest BCUT2D eigenvalue weighted by Gasteiger charge is 2.33. The van der Waals surface area contributed by atoms with E-state index in [0.29, 0.717) is 14.2 Å². The molecular weight excluding hydrogens is 286 g/mol. The third kappa shape index (κ3) is 2.76. The van der Waals surface area contributed by atoms with Crippen LogP contribution in [0, 0.1) is 0 Å². The van der Waals surface area contributed by atoms with Crippen LogP contribution in [0.5, 0.6) is 0 Å². The van der Waals surface area contributed by atoms with Gasteiger partial charge in [0.1, 0.15) is 4.32 Å². The Morgan fingerprint density at radius 3 is 2.44 bits per heavy atom. The van der Waals surface area contributed by atoms with Gasteiger partial charge in [0.2, 0.25) is 0 Å². The van der Waals surface area contributed by atoms with E-state index >= 15 is 0 Å². The summed E-state index contributed by atoms with van der Waals surface area (Å²) in [5.74, 6) is -0.0186. The maximum atomic E-state index is 12.2. The van der Waals surface area contributed by atoms with E-state index in [0.717, 1.165) is 5.56 Å². The minimum atomic E-state index is -0.0186. The Morgan fingerprint density at radius 2 is 1.94 bits per heavy atom. The summed E-state index contributed by atoms with van der Waals surface area (Å²) in [5.41, 5.74) is 0.948. The van der Waals surface area contributed by atoms with Crippen molar-refractivity contribution in [3.8, 4) is 0 Å². The van der Waals surface area contributed by atoms with E-state index < -0.39 is 0 Å². The van der Waals surface area contributed by atoms with Crippen molar-refractivity contribution in [1.82, 2.24) is 4.90 Å². The molecule has 1 aromatic carbocycles. The minimum Gasteiger partial charge on any atom is -0.290 e. The Labute approximate surface area is 121 Å². The molecule has 0 N–H and O–H groups in total. The summed E-state index contributed by atoms with van der Waals surface area (Å²) in [4.78, 5) is 14.5. The van der Waals surface area contributed by atoms with Crippen molar-refractivity contribution < 1.29 is 4.79 Å². The summed E-state index contributed by atoms with van der Waals surface area (Å²) in [6.07, 6.45) is 1.85. The van der Waals surface area contributed by atoms with E-state index in [1.54, 1.807) is 17.0 Å². The highest BCUT2D eigenvalue weighted by molar-refractivity contribution is 8.26. The van der Waals surface area contributed by atoms with Crippen LogP contribution in [-0.2, 0) is 4.79 Å². The fourth-order valence-electron chi connectivity index (χ4n) is 1.64. The molecule has 5 heteroatoms. The van der Waals surface area contributed by atoms with E-state index in [-0.39, 0.29) is 11.9 Å². The third-order valence-corrected chi connectivity index (χ3v) is 4.09. The molecule has 1 aromatic rings. The molecule has 0 aromatic heterocycles. The maximum absolute atomic E-state index is 12.2. The van der Waals surface area contributed by atoms with E-state index in [4.69, 9.17) is 23.8 Å². The van der Waals surface area contributed by atoms with Gasteiger partial charge in [0.05, 0.1) is 4.91 Å². The largest absolute Gasteiger partial charge is 0.290 e. The van der Waals surface area contributed by atoms with Gasteiger partial charge in [0.15, 0.2) is 0 Å². The van der Waals surface area contributed by atoms with Crippen LogP contribution in [0.3, 0.4) is 0 Å². The van der Waals surface area contributed by atoms with Crippen molar-refractivity contribution in [2.75, 3.05) is 0 Å². The quantitative estimate of drug-likeness (QED) is 0.609. The number of amides is 1. The monoisotopic (exact) mass is 297 g/mol. The molecule has 0 atom stereocenters. The summed E-state index contributed by atoms with van der Waals surface area (Å²) in [6, 6.07) is 7.45. The zero-order valence-corrected chi connectivity index (χ0v) is 12.4. The number of benzene rings is 1. The lowest BCUT2D eigenvalue weighted by atomic mass is 10.2. The second kappa shape index (κ2) is 5.43. The molecule has 18 heavy (non-hydrogen) atoms. The van der Waals surface area contributed by atoms with Gasteiger partial charge < -0.3 is 0 Å². The molecule has 1 amide bonds. The van der Waals surface area contributed by atoms with E-state index in [1.165, 1.54) is 11.8 Å². The molecule has 2 rings (SSSR count).